The van der Waals surface area contributed by atoms with Crippen molar-refractivity contribution in [3.05, 3.63) is 23.9 Å². The van der Waals surface area contributed by atoms with E-state index in [0.717, 1.165) is 21.0 Å². The molecule has 0 fully saturated rings. The van der Waals surface area contributed by atoms with Crippen LogP contribution in [0, 0.1) is 0 Å². The number of quaternary nitrogens is 1. The summed E-state index contributed by atoms with van der Waals surface area (Å²) >= 11 is 0.958. The first kappa shape index (κ1) is 18.0. The summed E-state index contributed by atoms with van der Waals surface area (Å²) in [6.45, 7) is 0. The first-order valence-electron chi connectivity index (χ1n) is 5.20. The minimum absolute atomic E-state index is 0. The van der Waals surface area contributed by atoms with Gasteiger partial charge in [-0.15, -0.1) is 0 Å². The monoisotopic (exact) mass is 307 g/mol. The molecule has 0 aromatic heterocycles. The number of hydrogen-bond donors (Lipinski definition) is 0. The fraction of sp³-hybridized carbons (Fsp3) is 0.636. The SMILES string of the molecule is CN(C)C.C[N+](C)([CH2][GeH3])C1=CC=CC1.[Ti]. The van der Waals surface area contributed by atoms with Crippen molar-refractivity contribution in [2.45, 2.75) is 6.42 Å². The third-order valence-corrected chi connectivity index (χ3v) is 5.64. The summed E-state index contributed by atoms with van der Waals surface area (Å²) < 4.78 is 1.12. The Bertz CT molecular complexity index is 220. The normalized spacial score (nSPS) is 14.4. The second kappa shape index (κ2) is 8.77. The molecule has 0 heterocycles. The van der Waals surface area contributed by atoms with Crippen molar-refractivity contribution in [3.63, 3.8) is 0 Å². The maximum absolute atomic E-state index is 2.30. The molecule has 0 bridgehead atoms. The molecular formula is C11H25GeN2Ti+. The van der Waals surface area contributed by atoms with Crippen LogP contribution in [0.15, 0.2) is 23.9 Å². The molecule has 4 heteroatoms. The van der Waals surface area contributed by atoms with Crippen LogP contribution >= 0.6 is 0 Å². The van der Waals surface area contributed by atoms with Crippen LogP contribution in [0.1, 0.15) is 6.42 Å². The molecule has 1 rings (SSSR count). The second-order valence-electron chi connectivity index (χ2n) is 4.63. The van der Waals surface area contributed by atoms with E-state index in [4.69, 9.17) is 0 Å². The molecule has 0 amide bonds. The first-order chi connectivity index (χ1) is 6.40. The molecule has 0 N–H and O–H groups in total. The van der Waals surface area contributed by atoms with E-state index in [9.17, 15) is 0 Å². The van der Waals surface area contributed by atoms with Gasteiger partial charge in [0.25, 0.3) is 0 Å². The van der Waals surface area contributed by atoms with E-state index in [1.807, 2.05) is 26.0 Å². The molecule has 1 aliphatic carbocycles. The molecule has 86 valence electrons. The summed E-state index contributed by atoms with van der Waals surface area (Å²) in [6, 6.07) is 0. The Morgan fingerprint density at radius 3 is 2.07 bits per heavy atom. The van der Waals surface area contributed by atoms with Crippen LogP contribution in [0.5, 0.6) is 0 Å². The summed E-state index contributed by atoms with van der Waals surface area (Å²) in [7, 11) is 10.6. The van der Waals surface area contributed by atoms with E-state index in [0.29, 0.717) is 0 Å². The molecule has 0 unspecified atom stereocenters. The smallest absolute Gasteiger partial charge is 0 e. The fourth-order valence-corrected chi connectivity index (χ4v) is 1.94. The second-order valence-corrected chi connectivity index (χ2v) is 5.96. The molecule has 0 aromatic carbocycles. The van der Waals surface area contributed by atoms with Gasteiger partial charge in [0.2, 0.25) is 0 Å². The van der Waals surface area contributed by atoms with Gasteiger partial charge in [0.05, 0.1) is 0 Å². The summed E-state index contributed by atoms with van der Waals surface area (Å²) in [6.07, 6.45) is 7.82. The molecule has 0 aromatic rings. The Labute approximate surface area is 118 Å². The molecule has 0 spiro atoms. The number of rotatable bonds is 2. The van der Waals surface area contributed by atoms with Gasteiger partial charge in [-0.05, 0) is 21.1 Å². The number of hydrogen-bond acceptors (Lipinski definition) is 1. The van der Waals surface area contributed by atoms with Gasteiger partial charge in [0.15, 0.2) is 0 Å². The number of nitrogens with zero attached hydrogens (tertiary/aromatic N) is 2. The summed E-state index contributed by atoms with van der Waals surface area (Å²) in [4.78, 5) is 2.00. The van der Waals surface area contributed by atoms with Crippen molar-refractivity contribution in [3.8, 4) is 0 Å². The van der Waals surface area contributed by atoms with Gasteiger partial charge in [0.1, 0.15) is 0 Å². The first-order valence-corrected chi connectivity index (χ1v) is 8.17. The zero-order valence-electron chi connectivity index (χ0n) is 11.0. The van der Waals surface area contributed by atoms with E-state index in [2.05, 4.69) is 32.3 Å². The summed E-state index contributed by atoms with van der Waals surface area (Å²) in [5.74, 6) is 0. The van der Waals surface area contributed by atoms with Crippen LogP contribution in [0.25, 0.3) is 0 Å². The van der Waals surface area contributed by atoms with Crippen molar-refractivity contribution in [1.82, 2.24) is 4.90 Å². The molecule has 0 saturated carbocycles. The van der Waals surface area contributed by atoms with Crippen molar-refractivity contribution in [2.24, 2.45) is 0 Å². The van der Waals surface area contributed by atoms with Crippen LogP contribution < -0.4 is 0 Å². The fourth-order valence-electron chi connectivity index (χ4n) is 1.09. The van der Waals surface area contributed by atoms with E-state index < -0.39 is 0 Å². The van der Waals surface area contributed by atoms with Gasteiger partial charge in [-0.3, -0.25) is 0 Å². The van der Waals surface area contributed by atoms with Crippen LogP contribution in [0.3, 0.4) is 0 Å². The Hall–Kier alpha value is 0.657. The largest absolute Gasteiger partial charge is 0 e. The maximum Gasteiger partial charge on any atom is 0 e. The molecule has 0 atom stereocenters. The molecule has 2 nitrogen and oxygen atoms in total. The van der Waals surface area contributed by atoms with Crippen molar-refractivity contribution >= 4 is 16.5 Å². The third-order valence-electron chi connectivity index (χ3n) is 2.32. The quantitative estimate of drug-likeness (QED) is 0.527. The van der Waals surface area contributed by atoms with Crippen LogP contribution in [-0.2, 0) is 21.7 Å². The van der Waals surface area contributed by atoms with Gasteiger partial charge in [-0.25, -0.2) is 0 Å². The van der Waals surface area contributed by atoms with Gasteiger partial charge in [-0.1, -0.05) is 0 Å². The maximum atomic E-state index is 2.30. The summed E-state index contributed by atoms with van der Waals surface area (Å²) in [5.41, 5.74) is 1.56. The van der Waals surface area contributed by atoms with Gasteiger partial charge >= 0.3 is 70.8 Å². The molecule has 0 saturated heterocycles. The van der Waals surface area contributed by atoms with Crippen molar-refractivity contribution in [1.29, 1.82) is 0 Å². The van der Waals surface area contributed by atoms with Gasteiger partial charge < -0.3 is 4.90 Å². The molecule has 0 aliphatic heterocycles. The van der Waals surface area contributed by atoms with Crippen LogP contribution in [0.2, 0.25) is 0 Å². The minimum Gasteiger partial charge on any atom is 0 e. The standard InChI is InChI=1S/C8H16GeN.C3H9N.Ti/c1-10(2,7-9)8-5-3-4-6-8;1-4(2)3;/h3-5H,6-7H2,1-2,9H3;1-3H3;/q+1;;. The zero-order valence-corrected chi connectivity index (χ0v) is 16.8. The molecular weight excluding hydrogens is 281 g/mol. The predicted octanol–water partition coefficient (Wildman–Crippen LogP) is 0.405. The molecule has 1 aliphatic rings. The van der Waals surface area contributed by atoms with Gasteiger partial charge in [0, 0.05) is 21.7 Å². The molecule has 15 heavy (non-hydrogen) atoms. The Morgan fingerprint density at radius 2 is 1.80 bits per heavy atom. The van der Waals surface area contributed by atoms with E-state index in [1.54, 1.807) is 5.70 Å². The minimum atomic E-state index is 0. The van der Waals surface area contributed by atoms with Crippen LogP contribution in [0.4, 0.5) is 0 Å². The topological polar surface area (TPSA) is 3.24 Å². The summed E-state index contributed by atoms with van der Waals surface area (Å²) in [5, 5.41) is 1.36. The Morgan fingerprint density at radius 1 is 1.33 bits per heavy atom. The van der Waals surface area contributed by atoms with E-state index in [1.165, 1.54) is 11.8 Å². The Balaban J connectivity index is 0. The van der Waals surface area contributed by atoms with E-state index >= 15 is 0 Å². The van der Waals surface area contributed by atoms with Crippen molar-refractivity contribution < 1.29 is 26.2 Å². The van der Waals surface area contributed by atoms with Gasteiger partial charge in [-0.2, -0.15) is 0 Å². The third kappa shape index (κ3) is 8.46. The van der Waals surface area contributed by atoms with Crippen LogP contribution in [-0.4, -0.2) is 66.5 Å². The van der Waals surface area contributed by atoms with E-state index in [-0.39, 0.29) is 21.7 Å². The average molecular weight is 306 g/mol. The average Bonchev–Trinajstić information content (AvgIpc) is 2.55. The zero-order chi connectivity index (χ0) is 11.2. The Kier molecular flexibility index (Phi) is 10.5. The molecule has 0 radical (unpaired) electrons. The van der Waals surface area contributed by atoms with Crippen molar-refractivity contribution in [2.75, 3.05) is 40.6 Å². The predicted molar refractivity (Wildman–Crippen MR) is 68.4 cm³/mol. The number of allylic oxidation sites excluding steroid dienone is 3.